The molecule has 1 unspecified atom stereocenters. The molecule has 26 heavy (non-hydrogen) atoms. The first-order valence-corrected chi connectivity index (χ1v) is 12.7. The van der Waals surface area contributed by atoms with Crippen molar-refractivity contribution in [2.75, 3.05) is 12.9 Å². The molecule has 0 saturated carbocycles. The Balaban J connectivity index is 2.44. The number of rotatable bonds is 9. The lowest BCUT2D eigenvalue weighted by atomic mass is 10.1. The van der Waals surface area contributed by atoms with E-state index in [1.54, 1.807) is 0 Å². The maximum Gasteiger partial charge on any atom is 0.376 e. The van der Waals surface area contributed by atoms with E-state index in [9.17, 15) is 18.4 Å². The van der Waals surface area contributed by atoms with Crippen LogP contribution in [0.2, 0.25) is 18.1 Å². The minimum Gasteiger partial charge on any atom is -0.465 e. The van der Waals surface area contributed by atoms with Crippen molar-refractivity contribution in [3.8, 4) is 0 Å². The van der Waals surface area contributed by atoms with Crippen molar-refractivity contribution in [3.63, 3.8) is 0 Å². The van der Waals surface area contributed by atoms with Crippen molar-refractivity contribution in [2.45, 2.75) is 76.6 Å². The number of methoxy groups -OCH3 is 1. The lowest BCUT2D eigenvalue weighted by Crippen LogP contribution is -2.43. The Morgan fingerprint density at radius 2 is 1.92 bits per heavy atom. The highest BCUT2D eigenvalue weighted by Gasteiger charge is 2.41. The molecule has 0 amide bonds. The Hall–Kier alpha value is -0.733. The average Bonchev–Trinajstić information content (AvgIpc) is 2.83. The van der Waals surface area contributed by atoms with Crippen molar-refractivity contribution in [1.29, 1.82) is 0 Å². The van der Waals surface area contributed by atoms with Gasteiger partial charge in [-0.2, -0.15) is 8.78 Å². The number of ether oxygens (including phenoxy) is 1. The van der Waals surface area contributed by atoms with E-state index >= 15 is 0 Å². The highest BCUT2D eigenvalue weighted by molar-refractivity contribution is 8.04. The van der Waals surface area contributed by atoms with Crippen LogP contribution in [0.1, 0.15) is 46.5 Å². The zero-order chi connectivity index (χ0) is 20.2. The molecule has 0 heterocycles. The molecule has 0 aliphatic heterocycles. The molecule has 0 aromatic carbocycles. The van der Waals surface area contributed by atoms with Crippen LogP contribution in [-0.2, 0) is 18.8 Å². The molecule has 0 saturated heterocycles. The standard InChI is InChI=1S/C18H30F2O4SSi/c1-17(2,3)26(5,6)24-13-11-14(21)15(12-13)25-10-8-7-9-18(19,20)16(22)23-4/h12-13H,7-11H2,1-6H3. The van der Waals surface area contributed by atoms with Crippen molar-refractivity contribution in [3.05, 3.63) is 11.0 Å². The van der Waals surface area contributed by atoms with Crippen LogP contribution >= 0.6 is 11.8 Å². The van der Waals surface area contributed by atoms with E-state index in [1.165, 1.54) is 11.8 Å². The Labute approximate surface area is 160 Å². The van der Waals surface area contributed by atoms with Crippen LogP contribution in [0.3, 0.4) is 0 Å². The summed E-state index contributed by atoms with van der Waals surface area (Å²) in [6, 6.07) is 0. The third-order valence-electron chi connectivity index (χ3n) is 4.88. The second kappa shape index (κ2) is 8.97. The topological polar surface area (TPSA) is 52.6 Å². The quantitative estimate of drug-likeness (QED) is 0.307. The third-order valence-corrected chi connectivity index (χ3v) is 10.5. The molecule has 0 aromatic rings. The van der Waals surface area contributed by atoms with Gasteiger partial charge in [0.2, 0.25) is 0 Å². The maximum absolute atomic E-state index is 13.4. The zero-order valence-corrected chi connectivity index (χ0v) is 18.3. The maximum atomic E-state index is 13.4. The Morgan fingerprint density at radius 3 is 2.46 bits per heavy atom. The Morgan fingerprint density at radius 1 is 1.31 bits per heavy atom. The molecule has 1 atom stereocenters. The summed E-state index contributed by atoms with van der Waals surface area (Å²) >= 11 is 1.38. The van der Waals surface area contributed by atoms with Crippen molar-refractivity contribution >= 4 is 31.8 Å². The number of thioether (sulfide) groups is 1. The summed E-state index contributed by atoms with van der Waals surface area (Å²) < 4.78 is 37.0. The van der Waals surface area contributed by atoms with Gasteiger partial charge in [-0.15, -0.1) is 11.8 Å². The first-order valence-electron chi connectivity index (χ1n) is 8.82. The fourth-order valence-corrected chi connectivity index (χ4v) is 4.57. The van der Waals surface area contributed by atoms with Crippen LogP contribution < -0.4 is 0 Å². The minimum absolute atomic E-state index is 0.0543. The summed E-state index contributed by atoms with van der Waals surface area (Å²) in [7, 11) is -0.991. The van der Waals surface area contributed by atoms with Gasteiger partial charge in [0.1, 0.15) is 0 Å². The largest absolute Gasteiger partial charge is 0.465 e. The number of alkyl halides is 2. The highest BCUT2D eigenvalue weighted by atomic mass is 32.2. The molecule has 8 heteroatoms. The van der Waals surface area contributed by atoms with E-state index in [0.717, 1.165) is 7.11 Å². The normalized spacial score (nSPS) is 18.8. The van der Waals surface area contributed by atoms with E-state index in [1.807, 2.05) is 6.08 Å². The van der Waals surface area contributed by atoms with Gasteiger partial charge in [0.25, 0.3) is 0 Å². The fraction of sp³-hybridized carbons (Fsp3) is 0.778. The van der Waals surface area contributed by atoms with Gasteiger partial charge in [-0.25, -0.2) is 4.79 Å². The monoisotopic (exact) mass is 408 g/mol. The van der Waals surface area contributed by atoms with Gasteiger partial charge >= 0.3 is 11.9 Å². The van der Waals surface area contributed by atoms with E-state index in [-0.39, 0.29) is 23.3 Å². The lowest BCUT2D eigenvalue weighted by molar-refractivity contribution is -0.169. The van der Waals surface area contributed by atoms with Gasteiger partial charge in [0.15, 0.2) is 14.1 Å². The number of esters is 1. The predicted octanol–water partition coefficient (Wildman–Crippen LogP) is 4.95. The number of Topliss-reactive ketones (excluding diaryl/α,β-unsaturated/α-hetero) is 1. The first-order chi connectivity index (χ1) is 11.8. The van der Waals surface area contributed by atoms with Gasteiger partial charge in [-0.05, 0) is 42.8 Å². The molecule has 0 aromatic heterocycles. The molecule has 0 spiro atoms. The molecule has 150 valence electrons. The van der Waals surface area contributed by atoms with Gasteiger partial charge in [-0.1, -0.05) is 20.8 Å². The molecule has 4 nitrogen and oxygen atoms in total. The number of unbranched alkanes of at least 4 members (excludes halogenated alkanes) is 1. The van der Waals surface area contributed by atoms with Gasteiger partial charge < -0.3 is 9.16 Å². The van der Waals surface area contributed by atoms with Gasteiger partial charge in [0.05, 0.1) is 13.2 Å². The lowest BCUT2D eigenvalue weighted by Gasteiger charge is -2.37. The number of carbonyl (C=O) groups is 2. The Kier molecular flexibility index (Phi) is 8.04. The van der Waals surface area contributed by atoms with E-state index in [2.05, 4.69) is 38.6 Å². The number of halogens is 2. The number of carbonyl (C=O) groups excluding carboxylic acids is 2. The van der Waals surface area contributed by atoms with Crippen LogP contribution in [0.25, 0.3) is 0 Å². The van der Waals surface area contributed by atoms with E-state index in [4.69, 9.17) is 4.43 Å². The molecule has 1 rings (SSSR count). The first kappa shape index (κ1) is 23.3. The molecule has 0 radical (unpaired) electrons. The SMILES string of the molecule is COC(=O)C(F)(F)CCCCSC1=CC(O[Si](C)(C)C(C)(C)C)CC1=O. The number of hydrogen-bond acceptors (Lipinski definition) is 5. The second-order valence-corrected chi connectivity index (χ2v) is 14.0. The van der Waals surface area contributed by atoms with Crippen LogP contribution in [0.15, 0.2) is 11.0 Å². The third kappa shape index (κ3) is 6.46. The molecule has 1 aliphatic rings. The van der Waals surface area contributed by atoms with Gasteiger partial charge in [0, 0.05) is 17.7 Å². The predicted molar refractivity (Wildman–Crippen MR) is 103 cm³/mol. The number of allylic oxidation sites excluding steroid dienone is 1. The van der Waals surface area contributed by atoms with Gasteiger partial charge in [-0.3, -0.25) is 4.79 Å². The van der Waals surface area contributed by atoms with Crippen LogP contribution in [0, 0.1) is 0 Å². The zero-order valence-electron chi connectivity index (χ0n) is 16.5. The fourth-order valence-electron chi connectivity index (χ4n) is 2.25. The molecule has 0 bridgehead atoms. The summed E-state index contributed by atoms with van der Waals surface area (Å²) in [6.07, 6.45) is 2.20. The molecule has 0 fully saturated rings. The smallest absolute Gasteiger partial charge is 0.376 e. The Bertz CT molecular complexity index is 556. The minimum atomic E-state index is -3.44. The number of ketones is 1. The average molecular weight is 409 g/mol. The molecular weight excluding hydrogens is 378 g/mol. The molecular formula is C18H30F2O4SSi. The summed E-state index contributed by atoms with van der Waals surface area (Å²) in [5.41, 5.74) is 0. The van der Waals surface area contributed by atoms with Crippen molar-refractivity contribution < 1.29 is 27.5 Å². The van der Waals surface area contributed by atoms with Crippen molar-refractivity contribution in [1.82, 2.24) is 0 Å². The molecule has 1 aliphatic carbocycles. The summed E-state index contributed by atoms with van der Waals surface area (Å²) in [5.74, 6) is -4.32. The highest BCUT2D eigenvalue weighted by Crippen LogP contribution is 2.39. The molecule has 0 N–H and O–H groups in total. The van der Waals surface area contributed by atoms with Crippen molar-refractivity contribution in [2.24, 2.45) is 0 Å². The van der Waals surface area contributed by atoms with E-state index in [0.29, 0.717) is 23.5 Å². The second-order valence-electron chi connectivity index (χ2n) is 8.08. The number of hydrogen-bond donors (Lipinski definition) is 0. The van der Waals surface area contributed by atoms with Crippen LogP contribution in [-0.4, -0.2) is 45.0 Å². The summed E-state index contributed by atoms with van der Waals surface area (Å²) in [5, 5.41) is 0.0741. The van der Waals surface area contributed by atoms with Crippen LogP contribution in [0.4, 0.5) is 8.78 Å². The summed E-state index contributed by atoms with van der Waals surface area (Å²) in [6.45, 7) is 10.8. The van der Waals surface area contributed by atoms with Crippen LogP contribution in [0.5, 0.6) is 0 Å². The summed E-state index contributed by atoms with van der Waals surface area (Å²) in [4.78, 5) is 23.7. The van der Waals surface area contributed by atoms with E-state index < -0.39 is 26.6 Å².